The summed E-state index contributed by atoms with van der Waals surface area (Å²) in [7, 11) is 0. The number of nitrogens with zero attached hydrogens (tertiary/aromatic N) is 2. The van der Waals surface area contributed by atoms with Gasteiger partial charge in [-0.15, -0.1) is 0 Å². The van der Waals surface area contributed by atoms with Crippen molar-refractivity contribution < 1.29 is 4.79 Å². The van der Waals surface area contributed by atoms with Crippen LogP contribution in [0.5, 0.6) is 0 Å². The maximum atomic E-state index is 11.4. The van der Waals surface area contributed by atoms with Crippen molar-refractivity contribution in [1.29, 1.82) is 0 Å². The van der Waals surface area contributed by atoms with Crippen LogP contribution in [0.2, 0.25) is 0 Å². The number of amides is 1. The Kier molecular flexibility index (Phi) is 5.39. The molecule has 0 saturated carbocycles. The SMILES string of the molecule is NCC(=O)Nc1ccc(N(Cc2ccccc2)c2ccccc2)nc1. The van der Waals surface area contributed by atoms with Crippen LogP contribution in [0.1, 0.15) is 5.56 Å². The standard InChI is InChI=1S/C20H20N4O/c21-13-20(25)23-17-11-12-19(22-14-17)24(18-9-5-2-6-10-18)15-16-7-3-1-4-8-16/h1-12,14H,13,15,21H2,(H,23,25). The van der Waals surface area contributed by atoms with Crippen molar-refractivity contribution in [3.8, 4) is 0 Å². The Labute approximate surface area is 147 Å². The molecule has 0 spiro atoms. The monoisotopic (exact) mass is 332 g/mol. The molecular formula is C20H20N4O. The zero-order valence-electron chi connectivity index (χ0n) is 13.8. The minimum atomic E-state index is -0.237. The Morgan fingerprint density at radius 3 is 2.24 bits per heavy atom. The van der Waals surface area contributed by atoms with Gasteiger partial charge in [-0.3, -0.25) is 4.79 Å². The molecule has 1 amide bonds. The van der Waals surface area contributed by atoms with E-state index in [-0.39, 0.29) is 12.5 Å². The summed E-state index contributed by atoms with van der Waals surface area (Å²) in [4.78, 5) is 18.0. The van der Waals surface area contributed by atoms with E-state index in [4.69, 9.17) is 5.73 Å². The van der Waals surface area contributed by atoms with Crippen molar-refractivity contribution in [2.45, 2.75) is 6.54 Å². The van der Waals surface area contributed by atoms with Crippen LogP contribution in [0.4, 0.5) is 17.2 Å². The topological polar surface area (TPSA) is 71.2 Å². The molecule has 0 bridgehead atoms. The van der Waals surface area contributed by atoms with Crippen LogP contribution in [0.15, 0.2) is 79.0 Å². The zero-order chi connectivity index (χ0) is 17.5. The van der Waals surface area contributed by atoms with E-state index in [1.165, 1.54) is 5.56 Å². The van der Waals surface area contributed by atoms with Crippen molar-refractivity contribution in [3.63, 3.8) is 0 Å². The molecule has 0 radical (unpaired) electrons. The molecule has 1 heterocycles. The zero-order valence-corrected chi connectivity index (χ0v) is 13.8. The lowest BCUT2D eigenvalue weighted by Gasteiger charge is -2.24. The van der Waals surface area contributed by atoms with Crippen LogP contribution in [-0.2, 0) is 11.3 Å². The number of nitrogens with one attached hydrogen (secondary N) is 1. The molecule has 0 saturated heterocycles. The highest BCUT2D eigenvalue weighted by Gasteiger charge is 2.11. The van der Waals surface area contributed by atoms with Gasteiger partial charge in [-0.2, -0.15) is 0 Å². The van der Waals surface area contributed by atoms with Gasteiger partial charge in [0.1, 0.15) is 5.82 Å². The Morgan fingerprint density at radius 1 is 0.960 bits per heavy atom. The second-order valence-electron chi connectivity index (χ2n) is 5.56. The fourth-order valence-electron chi connectivity index (χ4n) is 2.51. The quantitative estimate of drug-likeness (QED) is 0.726. The first-order valence-corrected chi connectivity index (χ1v) is 8.09. The van der Waals surface area contributed by atoms with Crippen LogP contribution in [-0.4, -0.2) is 17.4 Å². The maximum Gasteiger partial charge on any atom is 0.238 e. The molecule has 3 rings (SSSR count). The molecule has 2 aromatic carbocycles. The number of benzene rings is 2. The normalized spacial score (nSPS) is 10.3. The lowest BCUT2D eigenvalue weighted by molar-refractivity contribution is -0.114. The number of anilines is 3. The number of carbonyl (C=O) groups excluding carboxylic acids is 1. The van der Waals surface area contributed by atoms with E-state index < -0.39 is 0 Å². The summed E-state index contributed by atoms with van der Waals surface area (Å²) >= 11 is 0. The fraction of sp³-hybridized carbons (Fsp3) is 0.100. The molecule has 5 nitrogen and oxygen atoms in total. The van der Waals surface area contributed by atoms with E-state index in [1.807, 2.05) is 48.5 Å². The van der Waals surface area contributed by atoms with E-state index in [0.717, 1.165) is 11.5 Å². The summed E-state index contributed by atoms with van der Waals surface area (Å²) in [5.74, 6) is 0.569. The molecule has 5 heteroatoms. The molecule has 0 fully saturated rings. The number of para-hydroxylation sites is 1. The average molecular weight is 332 g/mol. The van der Waals surface area contributed by atoms with Crippen LogP contribution in [0.25, 0.3) is 0 Å². The van der Waals surface area contributed by atoms with Crippen molar-refractivity contribution in [3.05, 3.63) is 84.6 Å². The summed E-state index contributed by atoms with van der Waals surface area (Å²) in [5, 5.41) is 2.70. The predicted octanol–water partition coefficient (Wildman–Crippen LogP) is 3.32. The van der Waals surface area contributed by atoms with Gasteiger partial charge in [0.15, 0.2) is 0 Å². The largest absolute Gasteiger partial charge is 0.324 e. The summed E-state index contributed by atoms with van der Waals surface area (Å²) in [6.07, 6.45) is 1.64. The summed E-state index contributed by atoms with van der Waals surface area (Å²) < 4.78 is 0. The van der Waals surface area contributed by atoms with Gasteiger partial charge in [0.2, 0.25) is 5.91 Å². The lowest BCUT2D eigenvalue weighted by Crippen LogP contribution is -2.22. The molecular weight excluding hydrogens is 312 g/mol. The molecule has 0 unspecified atom stereocenters. The fourth-order valence-corrected chi connectivity index (χ4v) is 2.51. The molecule has 25 heavy (non-hydrogen) atoms. The molecule has 0 aliphatic rings. The van der Waals surface area contributed by atoms with Crippen molar-refractivity contribution in [2.75, 3.05) is 16.8 Å². The van der Waals surface area contributed by atoms with Crippen LogP contribution in [0.3, 0.4) is 0 Å². The number of carbonyl (C=O) groups is 1. The number of hydrogen-bond donors (Lipinski definition) is 2. The first-order chi connectivity index (χ1) is 12.3. The van der Waals surface area contributed by atoms with Crippen LogP contribution < -0.4 is 16.0 Å². The third-order valence-corrected chi connectivity index (χ3v) is 3.74. The van der Waals surface area contributed by atoms with Crippen molar-refractivity contribution in [1.82, 2.24) is 4.98 Å². The smallest absolute Gasteiger partial charge is 0.238 e. The van der Waals surface area contributed by atoms with E-state index in [0.29, 0.717) is 12.2 Å². The van der Waals surface area contributed by atoms with Gasteiger partial charge >= 0.3 is 0 Å². The average Bonchev–Trinajstić information content (AvgIpc) is 2.68. The second kappa shape index (κ2) is 8.08. The highest BCUT2D eigenvalue weighted by atomic mass is 16.1. The van der Waals surface area contributed by atoms with Crippen LogP contribution >= 0.6 is 0 Å². The highest BCUT2D eigenvalue weighted by molar-refractivity contribution is 5.92. The number of hydrogen-bond acceptors (Lipinski definition) is 4. The van der Waals surface area contributed by atoms with E-state index >= 15 is 0 Å². The lowest BCUT2D eigenvalue weighted by atomic mass is 10.2. The number of aromatic nitrogens is 1. The van der Waals surface area contributed by atoms with Crippen molar-refractivity contribution >= 4 is 23.1 Å². The molecule has 0 atom stereocenters. The highest BCUT2D eigenvalue weighted by Crippen LogP contribution is 2.26. The number of nitrogens with two attached hydrogens (primary N) is 1. The van der Waals surface area contributed by atoms with Gasteiger partial charge in [-0.05, 0) is 29.8 Å². The van der Waals surface area contributed by atoms with Crippen molar-refractivity contribution in [2.24, 2.45) is 5.73 Å². The minimum absolute atomic E-state index is 0.0497. The third-order valence-electron chi connectivity index (χ3n) is 3.74. The Hall–Kier alpha value is -3.18. The first-order valence-electron chi connectivity index (χ1n) is 8.09. The van der Waals surface area contributed by atoms with Gasteiger partial charge in [0.25, 0.3) is 0 Å². The summed E-state index contributed by atoms with van der Waals surface area (Å²) in [5.41, 5.74) is 8.19. The third kappa shape index (κ3) is 4.43. The Morgan fingerprint density at radius 2 is 1.64 bits per heavy atom. The second-order valence-corrected chi connectivity index (χ2v) is 5.56. The summed E-state index contributed by atoms with van der Waals surface area (Å²) in [6.45, 7) is 0.651. The van der Waals surface area contributed by atoms with Gasteiger partial charge in [0.05, 0.1) is 18.4 Å². The predicted molar refractivity (Wildman–Crippen MR) is 101 cm³/mol. The van der Waals surface area contributed by atoms with Gasteiger partial charge in [-0.25, -0.2) is 4.98 Å². The van der Waals surface area contributed by atoms with Gasteiger partial charge < -0.3 is 16.0 Å². The molecule has 3 N–H and O–H groups in total. The van der Waals surface area contributed by atoms with E-state index in [2.05, 4.69) is 39.5 Å². The first kappa shape index (κ1) is 16.7. The van der Waals surface area contributed by atoms with E-state index in [9.17, 15) is 4.79 Å². The Balaban J connectivity index is 1.87. The molecule has 1 aromatic heterocycles. The molecule has 0 aliphatic heterocycles. The van der Waals surface area contributed by atoms with E-state index in [1.54, 1.807) is 6.20 Å². The maximum absolute atomic E-state index is 11.4. The number of rotatable bonds is 6. The minimum Gasteiger partial charge on any atom is -0.324 e. The molecule has 3 aromatic rings. The van der Waals surface area contributed by atoms with Gasteiger partial charge in [0, 0.05) is 12.2 Å². The van der Waals surface area contributed by atoms with Gasteiger partial charge in [-0.1, -0.05) is 48.5 Å². The molecule has 126 valence electrons. The Bertz CT molecular complexity index is 804. The number of pyridine rings is 1. The molecule has 0 aliphatic carbocycles. The summed E-state index contributed by atoms with van der Waals surface area (Å²) in [6, 6.07) is 24.0. The van der Waals surface area contributed by atoms with Crippen LogP contribution in [0, 0.1) is 0 Å².